The summed E-state index contributed by atoms with van der Waals surface area (Å²) < 4.78 is 0. The quantitative estimate of drug-likeness (QED) is 0.699. The predicted octanol–water partition coefficient (Wildman–Crippen LogP) is 2.17. The molecule has 15 heavy (non-hydrogen) atoms. The van der Waals surface area contributed by atoms with Gasteiger partial charge < -0.3 is 11.1 Å². The molecule has 3 N–H and O–H groups in total. The van der Waals surface area contributed by atoms with Crippen molar-refractivity contribution in [1.82, 2.24) is 5.32 Å². The molecule has 1 rings (SSSR count). The fourth-order valence-electron chi connectivity index (χ4n) is 1.56. The largest absolute Gasteiger partial charge is 0.330 e. The zero-order chi connectivity index (χ0) is 11.1. The highest BCUT2D eigenvalue weighted by Crippen LogP contribution is 2.15. The SMILES string of the molecule is CCC(CN)CNCCc1sccc1C. The number of aryl methyl sites for hydroxylation is 1. The molecule has 2 nitrogen and oxygen atoms in total. The van der Waals surface area contributed by atoms with E-state index in [1.807, 2.05) is 11.3 Å². The number of hydrogen-bond donors (Lipinski definition) is 2. The Labute approximate surface area is 96.9 Å². The Bertz CT molecular complexity index is 266. The molecule has 0 saturated heterocycles. The standard InChI is InChI=1S/C12H22N2S/c1-3-11(8-13)9-14-6-4-12-10(2)5-7-15-12/h5,7,11,14H,3-4,6,8-9,13H2,1-2H3. The van der Waals surface area contributed by atoms with E-state index in [1.165, 1.54) is 16.9 Å². The van der Waals surface area contributed by atoms with Crippen molar-refractivity contribution in [3.63, 3.8) is 0 Å². The first kappa shape index (κ1) is 12.7. The van der Waals surface area contributed by atoms with Crippen LogP contribution in [0.4, 0.5) is 0 Å². The molecule has 0 fully saturated rings. The summed E-state index contributed by atoms with van der Waals surface area (Å²) in [6.07, 6.45) is 2.31. The van der Waals surface area contributed by atoms with Crippen LogP contribution in [0.1, 0.15) is 23.8 Å². The molecule has 0 spiro atoms. The lowest BCUT2D eigenvalue weighted by Gasteiger charge is -2.12. The lowest BCUT2D eigenvalue weighted by atomic mass is 10.1. The van der Waals surface area contributed by atoms with Gasteiger partial charge in [0, 0.05) is 4.88 Å². The summed E-state index contributed by atoms with van der Waals surface area (Å²) >= 11 is 1.86. The van der Waals surface area contributed by atoms with Crippen molar-refractivity contribution in [3.8, 4) is 0 Å². The molecule has 0 amide bonds. The number of thiophene rings is 1. The molecule has 1 aromatic rings. The summed E-state index contributed by atoms with van der Waals surface area (Å²) in [6.45, 7) is 7.29. The smallest absolute Gasteiger partial charge is 0.00870 e. The Hall–Kier alpha value is -0.380. The average Bonchev–Trinajstić information content (AvgIpc) is 2.65. The van der Waals surface area contributed by atoms with Gasteiger partial charge in [0.15, 0.2) is 0 Å². The maximum absolute atomic E-state index is 5.65. The minimum Gasteiger partial charge on any atom is -0.330 e. The lowest BCUT2D eigenvalue weighted by molar-refractivity contribution is 0.474. The van der Waals surface area contributed by atoms with E-state index in [0.29, 0.717) is 5.92 Å². The summed E-state index contributed by atoms with van der Waals surface area (Å²) in [5, 5.41) is 5.65. The van der Waals surface area contributed by atoms with Gasteiger partial charge in [-0.2, -0.15) is 0 Å². The summed E-state index contributed by atoms with van der Waals surface area (Å²) in [6, 6.07) is 2.19. The van der Waals surface area contributed by atoms with E-state index in [0.717, 1.165) is 26.1 Å². The van der Waals surface area contributed by atoms with Crippen molar-refractivity contribution in [3.05, 3.63) is 21.9 Å². The van der Waals surface area contributed by atoms with Gasteiger partial charge >= 0.3 is 0 Å². The Balaban J connectivity index is 2.14. The second kappa shape index (κ2) is 6.99. The fourth-order valence-corrected chi connectivity index (χ4v) is 2.47. The van der Waals surface area contributed by atoms with Crippen LogP contribution in [0.2, 0.25) is 0 Å². The molecule has 3 heteroatoms. The van der Waals surface area contributed by atoms with Crippen molar-refractivity contribution in [2.24, 2.45) is 11.7 Å². The average molecular weight is 226 g/mol. The fraction of sp³-hybridized carbons (Fsp3) is 0.667. The highest BCUT2D eigenvalue weighted by atomic mass is 32.1. The number of rotatable bonds is 7. The highest BCUT2D eigenvalue weighted by Gasteiger charge is 2.03. The van der Waals surface area contributed by atoms with Crippen LogP contribution < -0.4 is 11.1 Å². The van der Waals surface area contributed by atoms with Crippen LogP contribution in [0.3, 0.4) is 0 Å². The van der Waals surface area contributed by atoms with Gasteiger partial charge in [-0.15, -0.1) is 11.3 Å². The van der Waals surface area contributed by atoms with Crippen molar-refractivity contribution in [2.45, 2.75) is 26.7 Å². The van der Waals surface area contributed by atoms with Crippen LogP contribution >= 0.6 is 11.3 Å². The molecule has 0 aliphatic rings. The van der Waals surface area contributed by atoms with Crippen LogP contribution in [-0.4, -0.2) is 19.6 Å². The Morgan fingerprint density at radius 2 is 2.33 bits per heavy atom. The topological polar surface area (TPSA) is 38.0 Å². The minimum atomic E-state index is 0.634. The van der Waals surface area contributed by atoms with Crippen molar-refractivity contribution < 1.29 is 0 Å². The molecule has 0 radical (unpaired) electrons. The number of nitrogens with two attached hydrogens (primary N) is 1. The van der Waals surface area contributed by atoms with Crippen LogP contribution in [0.15, 0.2) is 11.4 Å². The Morgan fingerprint density at radius 1 is 1.53 bits per heavy atom. The molecule has 86 valence electrons. The molecular formula is C12H22N2S. The van der Waals surface area contributed by atoms with Gasteiger partial charge in [-0.3, -0.25) is 0 Å². The van der Waals surface area contributed by atoms with Gasteiger partial charge in [-0.1, -0.05) is 13.3 Å². The van der Waals surface area contributed by atoms with Crippen molar-refractivity contribution >= 4 is 11.3 Å². The van der Waals surface area contributed by atoms with E-state index in [1.54, 1.807) is 0 Å². The number of hydrogen-bond acceptors (Lipinski definition) is 3. The van der Waals surface area contributed by atoms with E-state index < -0.39 is 0 Å². The van der Waals surface area contributed by atoms with Gasteiger partial charge in [0.1, 0.15) is 0 Å². The molecule has 0 aromatic carbocycles. The monoisotopic (exact) mass is 226 g/mol. The van der Waals surface area contributed by atoms with Crippen molar-refractivity contribution in [2.75, 3.05) is 19.6 Å². The third kappa shape index (κ3) is 4.33. The van der Waals surface area contributed by atoms with E-state index >= 15 is 0 Å². The zero-order valence-electron chi connectivity index (χ0n) is 9.75. The van der Waals surface area contributed by atoms with Gasteiger partial charge in [-0.25, -0.2) is 0 Å². The zero-order valence-corrected chi connectivity index (χ0v) is 10.6. The van der Waals surface area contributed by atoms with Crippen LogP contribution in [0.25, 0.3) is 0 Å². The number of nitrogens with one attached hydrogen (secondary N) is 1. The molecule has 1 unspecified atom stereocenters. The molecule has 0 aliphatic heterocycles. The molecule has 1 aromatic heterocycles. The van der Waals surface area contributed by atoms with E-state index in [2.05, 4.69) is 30.6 Å². The van der Waals surface area contributed by atoms with Crippen LogP contribution in [0, 0.1) is 12.8 Å². The first-order valence-electron chi connectivity index (χ1n) is 5.71. The Kier molecular flexibility index (Phi) is 5.91. The molecule has 0 bridgehead atoms. The van der Waals surface area contributed by atoms with E-state index in [4.69, 9.17) is 5.73 Å². The highest BCUT2D eigenvalue weighted by molar-refractivity contribution is 7.10. The maximum Gasteiger partial charge on any atom is 0.00870 e. The van der Waals surface area contributed by atoms with E-state index in [9.17, 15) is 0 Å². The van der Waals surface area contributed by atoms with Gasteiger partial charge in [0.05, 0.1) is 0 Å². The molecular weight excluding hydrogens is 204 g/mol. The van der Waals surface area contributed by atoms with E-state index in [-0.39, 0.29) is 0 Å². The minimum absolute atomic E-state index is 0.634. The van der Waals surface area contributed by atoms with Crippen molar-refractivity contribution in [1.29, 1.82) is 0 Å². The second-order valence-corrected chi connectivity index (χ2v) is 4.99. The second-order valence-electron chi connectivity index (χ2n) is 3.99. The predicted molar refractivity (Wildman–Crippen MR) is 68.5 cm³/mol. The molecule has 1 heterocycles. The van der Waals surface area contributed by atoms with Gasteiger partial charge in [-0.05, 0) is 55.9 Å². The lowest BCUT2D eigenvalue weighted by Crippen LogP contribution is -2.29. The first-order chi connectivity index (χ1) is 7.27. The summed E-state index contributed by atoms with van der Waals surface area (Å²) in [7, 11) is 0. The normalized spacial score (nSPS) is 13.0. The third-order valence-corrected chi connectivity index (χ3v) is 3.92. The molecule has 1 atom stereocenters. The molecule has 0 aliphatic carbocycles. The third-order valence-electron chi connectivity index (χ3n) is 2.84. The van der Waals surface area contributed by atoms with Gasteiger partial charge in [0.2, 0.25) is 0 Å². The van der Waals surface area contributed by atoms with Crippen LogP contribution in [0.5, 0.6) is 0 Å². The summed E-state index contributed by atoms with van der Waals surface area (Å²) in [4.78, 5) is 1.50. The summed E-state index contributed by atoms with van der Waals surface area (Å²) in [5.41, 5.74) is 7.07. The molecule has 0 saturated carbocycles. The first-order valence-corrected chi connectivity index (χ1v) is 6.59. The summed E-state index contributed by atoms with van der Waals surface area (Å²) in [5.74, 6) is 0.634. The van der Waals surface area contributed by atoms with Crippen LogP contribution in [-0.2, 0) is 6.42 Å². The Morgan fingerprint density at radius 3 is 2.87 bits per heavy atom. The van der Waals surface area contributed by atoms with Gasteiger partial charge in [0.25, 0.3) is 0 Å². The maximum atomic E-state index is 5.65.